The number of rotatable bonds is 10. The maximum absolute atomic E-state index is 6.07. The monoisotopic (exact) mass is 442 g/mol. The molecule has 2 fully saturated rings. The highest BCUT2D eigenvalue weighted by molar-refractivity contribution is 5.72. The molecule has 3 aliphatic heterocycles. The Morgan fingerprint density at radius 2 is 1.78 bits per heavy atom. The van der Waals surface area contributed by atoms with Gasteiger partial charge in [-0.2, -0.15) is 0 Å². The SMILES string of the molecule is CC(CCCCC1(c2ccc(OC3CCCCO3)cc2)N=CC=CN1)OC1CCCCO1. The van der Waals surface area contributed by atoms with Crippen LogP contribution in [0.5, 0.6) is 5.75 Å². The largest absolute Gasteiger partial charge is 0.465 e. The normalized spacial score (nSPS) is 28.8. The first-order valence-corrected chi connectivity index (χ1v) is 12.4. The van der Waals surface area contributed by atoms with Crippen molar-refractivity contribution in [3.63, 3.8) is 0 Å². The molecule has 0 aliphatic carbocycles. The maximum Gasteiger partial charge on any atom is 0.199 e. The third-order valence-electron chi connectivity index (χ3n) is 6.46. The van der Waals surface area contributed by atoms with Crippen molar-refractivity contribution in [1.82, 2.24) is 5.32 Å². The predicted molar refractivity (Wildman–Crippen MR) is 126 cm³/mol. The zero-order chi connectivity index (χ0) is 22.1. The van der Waals surface area contributed by atoms with Crippen molar-refractivity contribution in [2.24, 2.45) is 4.99 Å². The summed E-state index contributed by atoms with van der Waals surface area (Å²) in [5.41, 5.74) is 0.723. The number of ether oxygens (including phenoxy) is 4. The second kappa shape index (κ2) is 11.8. The summed E-state index contributed by atoms with van der Waals surface area (Å²) in [4.78, 5) is 4.85. The Kier molecular flexibility index (Phi) is 8.60. The molecule has 0 radical (unpaired) electrons. The minimum Gasteiger partial charge on any atom is -0.465 e. The van der Waals surface area contributed by atoms with Crippen molar-refractivity contribution in [2.75, 3.05) is 13.2 Å². The van der Waals surface area contributed by atoms with E-state index in [0.29, 0.717) is 0 Å². The van der Waals surface area contributed by atoms with Crippen LogP contribution in [-0.4, -0.2) is 38.1 Å². The zero-order valence-corrected chi connectivity index (χ0v) is 19.3. The lowest BCUT2D eigenvalue weighted by atomic mass is 9.92. The van der Waals surface area contributed by atoms with Gasteiger partial charge in [-0.05, 0) is 82.1 Å². The average Bonchev–Trinajstić information content (AvgIpc) is 2.84. The number of benzene rings is 1. The second-order valence-corrected chi connectivity index (χ2v) is 9.07. The molecule has 3 heterocycles. The fourth-order valence-corrected chi connectivity index (χ4v) is 4.60. The van der Waals surface area contributed by atoms with E-state index in [4.69, 9.17) is 23.9 Å². The molecule has 6 heteroatoms. The summed E-state index contributed by atoms with van der Waals surface area (Å²) in [6, 6.07) is 8.30. The lowest BCUT2D eigenvalue weighted by Crippen LogP contribution is -2.39. The molecule has 176 valence electrons. The Labute approximate surface area is 192 Å². The molecule has 6 nitrogen and oxygen atoms in total. The number of unbranched alkanes of at least 4 members (excludes halogenated alkanes) is 1. The van der Waals surface area contributed by atoms with Crippen LogP contribution in [0.2, 0.25) is 0 Å². The first-order chi connectivity index (χ1) is 15.7. The van der Waals surface area contributed by atoms with Crippen LogP contribution in [0.3, 0.4) is 0 Å². The molecule has 2 saturated heterocycles. The van der Waals surface area contributed by atoms with Gasteiger partial charge in [0.05, 0.1) is 12.7 Å². The van der Waals surface area contributed by atoms with Gasteiger partial charge in [0, 0.05) is 25.4 Å². The average molecular weight is 443 g/mol. The van der Waals surface area contributed by atoms with Crippen LogP contribution in [0.1, 0.15) is 76.7 Å². The summed E-state index contributed by atoms with van der Waals surface area (Å²) in [5.74, 6) is 0.849. The summed E-state index contributed by atoms with van der Waals surface area (Å²) >= 11 is 0. The molecule has 0 aromatic heterocycles. The van der Waals surface area contributed by atoms with Crippen LogP contribution in [0.15, 0.2) is 41.5 Å². The predicted octanol–water partition coefficient (Wildman–Crippen LogP) is 5.42. The third-order valence-corrected chi connectivity index (χ3v) is 6.46. The van der Waals surface area contributed by atoms with Crippen molar-refractivity contribution in [2.45, 2.75) is 95.5 Å². The number of aliphatic imine (C=N–C) groups is 1. The molecule has 1 aromatic rings. The number of nitrogens with one attached hydrogen (secondary N) is 1. The van der Waals surface area contributed by atoms with Crippen LogP contribution < -0.4 is 10.1 Å². The van der Waals surface area contributed by atoms with Gasteiger partial charge < -0.3 is 24.3 Å². The van der Waals surface area contributed by atoms with Gasteiger partial charge in [-0.25, -0.2) is 0 Å². The second-order valence-electron chi connectivity index (χ2n) is 9.07. The van der Waals surface area contributed by atoms with Crippen molar-refractivity contribution in [3.8, 4) is 5.75 Å². The molecule has 4 atom stereocenters. The van der Waals surface area contributed by atoms with Gasteiger partial charge in [0.1, 0.15) is 5.75 Å². The fourth-order valence-electron chi connectivity index (χ4n) is 4.60. The lowest BCUT2D eigenvalue weighted by Gasteiger charge is -2.33. The van der Waals surface area contributed by atoms with Crippen molar-refractivity contribution >= 4 is 6.21 Å². The van der Waals surface area contributed by atoms with E-state index in [9.17, 15) is 0 Å². The highest BCUT2D eigenvalue weighted by atomic mass is 16.7. The smallest absolute Gasteiger partial charge is 0.199 e. The maximum atomic E-state index is 6.07. The zero-order valence-electron chi connectivity index (χ0n) is 19.3. The first kappa shape index (κ1) is 23.3. The van der Waals surface area contributed by atoms with E-state index in [1.54, 1.807) is 0 Å². The third kappa shape index (κ3) is 6.56. The van der Waals surface area contributed by atoms with Crippen LogP contribution in [0.4, 0.5) is 0 Å². The summed E-state index contributed by atoms with van der Waals surface area (Å²) in [5, 5.41) is 3.51. The molecule has 0 bridgehead atoms. The van der Waals surface area contributed by atoms with Gasteiger partial charge in [0.25, 0.3) is 0 Å². The highest BCUT2D eigenvalue weighted by Gasteiger charge is 2.30. The topological polar surface area (TPSA) is 61.3 Å². The number of allylic oxidation sites excluding steroid dienone is 1. The van der Waals surface area contributed by atoms with Crippen LogP contribution >= 0.6 is 0 Å². The van der Waals surface area contributed by atoms with Crippen molar-refractivity contribution in [3.05, 3.63) is 42.1 Å². The molecular formula is C26H38N2O4. The van der Waals surface area contributed by atoms with Crippen molar-refractivity contribution < 1.29 is 18.9 Å². The van der Waals surface area contributed by atoms with Crippen LogP contribution in [-0.2, 0) is 19.9 Å². The number of nitrogens with zero attached hydrogens (tertiary/aromatic N) is 1. The standard InChI is InChI=1S/C26H38N2O4/c1-21(31-24-10-3-6-19-29-24)9-2-5-16-26(27-17-8-18-28-26)22-12-14-23(15-13-22)32-25-11-4-7-20-30-25/h8,12-15,17-18,21,24-25,27H,2-7,9-11,16,19-20H2,1H3. The Hall–Kier alpha value is -1.89. The summed E-state index contributed by atoms with van der Waals surface area (Å²) in [6.45, 7) is 3.77. The molecule has 4 rings (SSSR count). The van der Waals surface area contributed by atoms with Crippen molar-refractivity contribution in [1.29, 1.82) is 0 Å². The molecule has 0 amide bonds. The van der Waals surface area contributed by atoms with E-state index in [0.717, 1.165) is 82.3 Å². The molecule has 3 aliphatic rings. The summed E-state index contributed by atoms with van der Waals surface area (Å²) in [6.07, 6.45) is 16.6. The Morgan fingerprint density at radius 3 is 2.44 bits per heavy atom. The van der Waals surface area contributed by atoms with Gasteiger partial charge in [-0.1, -0.05) is 18.6 Å². The molecule has 0 saturated carbocycles. The molecule has 0 spiro atoms. The molecule has 4 unspecified atom stereocenters. The summed E-state index contributed by atoms with van der Waals surface area (Å²) in [7, 11) is 0. The van der Waals surface area contributed by atoms with Crippen LogP contribution in [0, 0.1) is 0 Å². The fraction of sp³-hybridized carbons (Fsp3) is 0.654. The molecule has 32 heavy (non-hydrogen) atoms. The summed E-state index contributed by atoms with van der Waals surface area (Å²) < 4.78 is 23.5. The lowest BCUT2D eigenvalue weighted by molar-refractivity contribution is -0.185. The van der Waals surface area contributed by atoms with Gasteiger partial charge in [0.15, 0.2) is 18.2 Å². The van der Waals surface area contributed by atoms with E-state index in [2.05, 4.69) is 24.4 Å². The van der Waals surface area contributed by atoms with Gasteiger partial charge in [-0.15, -0.1) is 0 Å². The number of hydrogen-bond acceptors (Lipinski definition) is 6. The molecule has 1 aromatic carbocycles. The minimum atomic E-state index is -0.425. The first-order valence-electron chi connectivity index (χ1n) is 12.4. The van der Waals surface area contributed by atoms with Gasteiger partial charge >= 0.3 is 0 Å². The minimum absolute atomic E-state index is 0.0143. The van der Waals surface area contributed by atoms with Crippen LogP contribution in [0.25, 0.3) is 0 Å². The van der Waals surface area contributed by atoms with E-state index in [-0.39, 0.29) is 18.7 Å². The Bertz CT molecular complexity index is 739. The van der Waals surface area contributed by atoms with E-state index in [1.807, 2.05) is 30.6 Å². The quantitative estimate of drug-likeness (QED) is 0.490. The van der Waals surface area contributed by atoms with E-state index in [1.165, 1.54) is 6.42 Å². The van der Waals surface area contributed by atoms with E-state index < -0.39 is 5.66 Å². The van der Waals surface area contributed by atoms with Gasteiger partial charge in [-0.3, -0.25) is 4.99 Å². The molecular weight excluding hydrogens is 404 g/mol. The van der Waals surface area contributed by atoms with Gasteiger partial charge in [0.2, 0.25) is 0 Å². The Morgan fingerprint density at radius 1 is 1.03 bits per heavy atom. The molecule has 1 N–H and O–H groups in total. The number of hydrogen-bond donors (Lipinski definition) is 1. The van der Waals surface area contributed by atoms with E-state index >= 15 is 0 Å². The Balaban J connectivity index is 1.28. The highest BCUT2D eigenvalue weighted by Crippen LogP contribution is 2.32.